The summed E-state index contributed by atoms with van der Waals surface area (Å²) in [6, 6.07) is 0. The maximum absolute atomic E-state index is 3.00. The second-order valence-corrected chi connectivity index (χ2v) is 14.8. The van der Waals surface area contributed by atoms with Crippen molar-refractivity contribution in [2.45, 2.75) is 234 Å². The van der Waals surface area contributed by atoms with Gasteiger partial charge in [-0.2, -0.15) is 0 Å². The first-order valence-electron chi connectivity index (χ1n) is 20.9. The van der Waals surface area contributed by atoms with Gasteiger partial charge in [-0.1, -0.05) is 215 Å². The Morgan fingerprint density at radius 2 is 0.488 bits per heavy atom. The van der Waals surface area contributed by atoms with Crippen LogP contribution in [0.4, 0.5) is 0 Å². The molecule has 0 aromatic heterocycles. The largest absolute Gasteiger partial charge is 0.303 e. The summed E-state index contributed by atoms with van der Waals surface area (Å²) in [4.78, 5) is 3.00. The van der Waals surface area contributed by atoms with E-state index in [1.165, 1.54) is 212 Å². The van der Waals surface area contributed by atoms with E-state index in [0.29, 0.717) is 0 Å². The van der Waals surface area contributed by atoms with Gasteiger partial charge in [0.2, 0.25) is 0 Å². The van der Waals surface area contributed by atoms with E-state index in [1.807, 2.05) is 0 Å². The second kappa shape index (κ2) is 34.8. The molecule has 0 bridgehead atoms. The zero-order valence-electron chi connectivity index (χ0n) is 31.5. The molecule has 0 rings (SSSR count). The zero-order chi connectivity index (χ0) is 31.6. The summed E-state index contributed by atoms with van der Waals surface area (Å²) in [5.41, 5.74) is 0. The molecule has 0 N–H and O–H groups in total. The molecule has 0 aromatic carbocycles. The van der Waals surface area contributed by atoms with Crippen LogP contribution in [0.3, 0.4) is 0 Å². The predicted molar refractivity (Wildman–Crippen MR) is 199 cm³/mol. The molecule has 0 heterocycles. The Hall–Kier alpha value is -0.0400. The zero-order valence-corrected chi connectivity index (χ0v) is 31.5. The van der Waals surface area contributed by atoms with Gasteiger partial charge < -0.3 is 4.90 Å². The van der Waals surface area contributed by atoms with Crippen molar-refractivity contribution in [1.82, 2.24) is 4.90 Å². The van der Waals surface area contributed by atoms with Crippen molar-refractivity contribution in [1.29, 1.82) is 0 Å². The quantitative estimate of drug-likeness (QED) is 0.0642. The van der Waals surface area contributed by atoms with Crippen molar-refractivity contribution in [2.24, 2.45) is 17.8 Å². The maximum Gasteiger partial charge on any atom is 0.000979 e. The van der Waals surface area contributed by atoms with Crippen LogP contribution in [0.15, 0.2) is 0 Å². The van der Waals surface area contributed by atoms with Gasteiger partial charge in [0.05, 0.1) is 0 Å². The van der Waals surface area contributed by atoms with E-state index in [1.54, 1.807) is 0 Å². The van der Waals surface area contributed by atoms with Gasteiger partial charge in [0.1, 0.15) is 0 Å². The molecule has 43 heavy (non-hydrogen) atoms. The fraction of sp³-hybridized carbons (Fsp3) is 1.00. The first-order chi connectivity index (χ1) is 21.1. The van der Waals surface area contributed by atoms with Crippen molar-refractivity contribution in [3.8, 4) is 0 Å². The number of hydrogen-bond acceptors (Lipinski definition) is 1. The number of hydrogen-bond donors (Lipinski definition) is 0. The molecule has 0 aliphatic heterocycles. The molecule has 3 unspecified atom stereocenters. The fourth-order valence-corrected chi connectivity index (χ4v) is 7.29. The lowest BCUT2D eigenvalue weighted by Crippen LogP contribution is -2.37. The predicted octanol–water partition coefficient (Wildman–Crippen LogP) is 15.0. The average Bonchev–Trinajstić information content (AvgIpc) is 3.02. The summed E-state index contributed by atoms with van der Waals surface area (Å²) < 4.78 is 0. The van der Waals surface area contributed by atoms with Crippen LogP contribution in [-0.2, 0) is 0 Å². The molecule has 0 saturated heterocycles. The second-order valence-electron chi connectivity index (χ2n) is 14.8. The average molecular weight is 606 g/mol. The Morgan fingerprint density at radius 3 is 0.698 bits per heavy atom. The van der Waals surface area contributed by atoms with E-state index in [4.69, 9.17) is 0 Å². The molecule has 260 valence electrons. The lowest BCUT2D eigenvalue weighted by atomic mass is 9.92. The highest BCUT2D eigenvalue weighted by Gasteiger charge is 2.20. The molecule has 0 aliphatic carbocycles. The topological polar surface area (TPSA) is 3.24 Å². The molecule has 0 aromatic rings. The van der Waals surface area contributed by atoms with Crippen LogP contribution in [0.2, 0.25) is 0 Å². The maximum atomic E-state index is 3.00. The van der Waals surface area contributed by atoms with E-state index >= 15 is 0 Å². The minimum absolute atomic E-state index is 0.904. The van der Waals surface area contributed by atoms with Crippen LogP contribution in [-0.4, -0.2) is 24.5 Å². The van der Waals surface area contributed by atoms with Crippen molar-refractivity contribution < 1.29 is 0 Å². The number of rotatable bonds is 36. The lowest BCUT2D eigenvalue weighted by Gasteiger charge is -2.33. The monoisotopic (exact) mass is 606 g/mol. The molecule has 0 radical (unpaired) electrons. The van der Waals surface area contributed by atoms with Gasteiger partial charge in [-0.25, -0.2) is 0 Å². The van der Waals surface area contributed by atoms with E-state index in [-0.39, 0.29) is 0 Å². The Bertz CT molecular complexity index is 430. The van der Waals surface area contributed by atoms with Crippen LogP contribution in [0.1, 0.15) is 234 Å². The van der Waals surface area contributed by atoms with Gasteiger partial charge in [-0.05, 0) is 37.0 Å². The molecule has 0 saturated carbocycles. The summed E-state index contributed by atoms with van der Waals surface area (Å²) in [7, 11) is 0. The minimum Gasteiger partial charge on any atom is -0.303 e. The summed E-state index contributed by atoms with van der Waals surface area (Å²) >= 11 is 0. The summed E-state index contributed by atoms with van der Waals surface area (Å²) in [6.07, 6.45) is 43.3. The third-order valence-electron chi connectivity index (χ3n) is 10.7. The highest BCUT2D eigenvalue weighted by atomic mass is 15.1. The summed E-state index contributed by atoms with van der Waals surface area (Å²) in [6.45, 7) is 18.5. The van der Waals surface area contributed by atoms with Crippen molar-refractivity contribution in [3.05, 3.63) is 0 Å². The fourth-order valence-electron chi connectivity index (χ4n) is 7.29. The molecule has 0 aliphatic rings. The van der Waals surface area contributed by atoms with E-state index in [2.05, 4.69) is 46.4 Å². The Kier molecular flexibility index (Phi) is 34.8. The van der Waals surface area contributed by atoms with Crippen LogP contribution in [0.5, 0.6) is 0 Å². The molecule has 3 atom stereocenters. The van der Waals surface area contributed by atoms with Crippen LogP contribution in [0, 0.1) is 17.8 Å². The first kappa shape index (κ1) is 43.0. The summed E-state index contributed by atoms with van der Waals surface area (Å²) in [5.74, 6) is 2.71. The van der Waals surface area contributed by atoms with Crippen LogP contribution >= 0.6 is 0 Å². The molecule has 1 heteroatoms. The molecular formula is C42H87N. The van der Waals surface area contributed by atoms with Crippen molar-refractivity contribution in [2.75, 3.05) is 19.6 Å². The van der Waals surface area contributed by atoms with E-state index in [9.17, 15) is 0 Å². The molecule has 0 fully saturated rings. The first-order valence-corrected chi connectivity index (χ1v) is 20.9. The Labute approximate surface area is 275 Å². The highest BCUT2D eigenvalue weighted by molar-refractivity contribution is 4.74. The van der Waals surface area contributed by atoms with Gasteiger partial charge in [-0.15, -0.1) is 0 Å². The Balaban J connectivity index is 4.78. The van der Waals surface area contributed by atoms with Crippen molar-refractivity contribution in [3.63, 3.8) is 0 Å². The smallest absolute Gasteiger partial charge is 0.000979 e. The highest BCUT2D eigenvalue weighted by Crippen LogP contribution is 2.24. The van der Waals surface area contributed by atoms with Gasteiger partial charge >= 0.3 is 0 Å². The normalized spacial score (nSPS) is 14.0. The standard InChI is InChI=1S/C42H87N/c1-7-13-16-19-22-25-28-31-34-40(10-4)37-43(38-41(11-5)35-32-29-26-23-20-17-14-8-2)39-42(12-6)36-33-30-27-24-21-18-15-9-3/h40-42H,7-39H2,1-6H3. The SMILES string of the molecule is CCCCCCCCCCC(CC)CN(CC(CC)CCCCCCCCCC)CC(CC)CCCCCCCCCC. The number of nitrogens with zero attached hydrogens (tertiary/aromatic N) is 1. The van der Waals surface area contributed by atoms with Gasteiger partial charge in [0.15, 0.2) is 0 Å². The molecule has 0 spiro atoms. The molecular weight excluding hydrogens is 518 g/mol. The third kappa shape index (κ3) is 29.1. The molecule has 0 amide bonds. The van der Waals surface area contributed by atoms with Gasteiger partial charge in [-0.3, -0.25) is 0 Å². The van der Waals surface area contributed by atoms with Gasteiger partial charge in [0, 0.05) is 19.6 Å². The van der Waals surface area contributed by atoms with E-state index < -0.39 is 0 Å². The third-order valence-corrected chi connectivity index (χ3v) is 10.7. The lowest BCUT2D eigenvalue weighted by molar-refractivity contribution is 0.151. The Morgan fingerprint density at radius 1 is 0.279 bits per heavy atom. The molecule has 1 nitrogen and oxygen atoms in total. The number of unbranched alkanes of at least 4 members (excludes halogenated alkanes) is 21. The van der Waals surface area contributed by atoms with Gasteiger partial charge in [0.25, 0.3) is 0 Å². The van der Waals surface area contributed by atoms with Crippen molar-refractivity contribution >= 4 is 0 Å². The summed E-state index contributed by atoms with van der Waals surface area (Å²) in [5, 5.41) is 0. The van der Waals surface area contributed by atoms with Crippen LogP contribution < -0.4 is 0 Å². The minimum atomic E-state index is 0.904. The van der Waals surface area contributed by atoms with Crippen LogP contribution in [0.25, 0.3) is 0 Å². The van der Waals surface area contributed by atoms with E-state index in [0.717, 1.165) is 17.8 Å².